The van der Waals surface area contributed by atoms with E-state index in [0.29, 0.717) is 11.3 Å². The van der Waals surface area contributed by atoms with Gasteiger partial charge in [-0.3, -0.25) is 4.72 Å². The predicted octanol–water partition coefficient (Wildman–Crippen LogP) is 3.87. The maximum absolute atomic E-state index is 12.5. The van der Waals surface area contributed by atoms with E-state index in [1.54, 1.807) is 6.07 Å². The van der Waals surface area contributed by atoms with Crippen molar-refractivity contribution in [3.8, 4) is 6.07 Å². The Morgan fingerprint density at radius 1 is 1.14 bits per heavy atom. The second kappa shape index (κ2) is 6.63. The van der Waals surface area contributed by atoms with E-state index in [-0.39, 0.29) is 10.8 Å². The smallest absolute Gasteiger partial charge is 0.261 e. The summed E-state index contributed by atoms with van der Waals surface area (Å²) < 4.78 is 27.6. The Bertz CT molecular complexity index is 790. The van der Waals surface area contributed by atoms with E-state index in [1.807, 2.05) is 24.3 Å². The third-order valence-corrected chi connectivity index (χ3v) is 5.02. The molecule has 0 unspecified atom stereocenters. The Morgan fingerprint density at radius 2 is 1.77 bits per heavy atom. The van der Waals surface area contributed by atoms with Gasteiger partial charge in [0.15, 0.2) is 0 Å². The van der Waals surface area contributed by atoms with Crippen LogP contribution in [-0.2, 0) is 10.0 Å². The lowest BCUT2D eigenvalue weighted by Crippen LogP contribution is -2.14. The molecule has 0 amide bonds. The number of sulfonamides is 1. The third kappa shape index (κ3) is 3.46. The zero-order valence-electron chi connectivity index (χ0n) is 12.6. The summed E-state index contributed by atoms with van der Waals surface area (Å²) in [5.74, 6) is 0.264. The first-order chi connectivity index (χ1) is 10.5. The van der Waals surface area contributed by atoms with Crippen molar-refractivity contribution in [3.63, 3.8) is 0 Å². The Labute approximate surface area is 131 Å². The van der Waals surface area contributed by atoms with Crippen LogP contribution in [-0.4, -0.2) is 8.42 Å². The van der Waals surface area contributed by atoms with Crippen LogP contribution < -0.4 is 4.72 Å². The lowest BCUT2D eigenvalue weighted by atomic mass is 9.97. The van der Waals surface area contributed by atoms with Gasteiger partial charge in [-0.15, -0.1) is 0 Å². The fourth-order valence-corrected chi connectivity index (χ4v) is 3.24. The number of rotatable bonds is 5. The second-order valence-electron chi connectivity index (χ2n) is 5.14. The Morgan fingerprint density at radius 3 is 2.36 bits per heavy atom. The topological polar surface area (TPSA) is 70.0 Å². The number of nitrogens with zero attached hydrogens (tertiary/aromatic N) is 1. The highest BCUT2D eigenvalue weighted by molar-refractivity contribution is 7.92. The largest absolute Gasteiger partial charge is 0.279 e. The number of hydrogen-bond donors (Lipinski definition) is 1. The molecule has 2 aromatic carbocycles. The van der Waals surface area contributed by atoms with E-state index >= 15 is 0 Å². The molecule has 2 rings (SSSR count). The van der Waals surface area contributed by atoms with E-state index in [2.05, 4.69) is 18.6 Å². The van der Waals surface area contributed by atoms with Gasteiger partial charge in [0.05, 0.1) is 22.2 Å². The van der Waals surface area contributed by atoms with Gasteiger partial charge in [-0.25, -0.2) is 8.42 Å². The van der Waals surface area contributed by atoms with E-state index < -0.39 is 10.0 Å². The lowest BCUT2D eigenvalue weighted by Gasteiger charge is -2.16. The van der Waals surface area contributed by atoms with Crippen LogP contribution in [0.25, 0.3) is 0 Å². The molecule has 0 saturated heterocycles. The summed E-state index contributed by atoms with van der Waals surface area (Å²) in [4.78, 5) is 0.144. The summed E-state index contributed by atoms with van der Waals surface area (Å²) in [6.07, 6.45) is 0.926. The standard InChI is InChI=1S/C17H18N2O2S/c1-3-13(2)16-6-4-5-7-17(16)19-22(20,21)15-10-8-14(12-18)9-11-15/h4-11,13,19H,3H2,1-2H3/t13-/m0/s1. The highest BCUT2D eigenvalue weighted by Gasteiger charge is 2.17. The summed E-state index contributed by atoms with van der Waals surface area (Å²) in [5.41, 5.74) is 2.00. The summed E-state index contributed by atoms with van der Waals surface area (Å²) in [6, 6.07) is 15.3. The number of benzene rings is 2. The van der Waals surface area contributed by atoms with Gasteiger partial charge in [0.25, 0.3) is 10.0 Å². The summed E-state index contributed by atoms with van der Waals surface area (Å²) >= 11 is 0. The van der Waals surface area contributed by atoms with Gasteiger partial charge in [-0.2, -0.15) is 5.26 Å². The summed E-state index contributed by atoms with van der Waals surface area (Å²) in [5, 5.41) is 8.78. The van der Waals surface area contributed by atoms with Gasteiger partial charge in [-0.1, -0.05) is 32.0 Å². The maximum atomic E-state index is 12.5. The van der Waals surface area contributed by atoms with E-state index in [0.717, 1.165) is 12.0 Å². The molecule has 0 spiro atoms. The average molecular weight is 314 g/mol. The van der Waals surface area contributed by atoms with Gasteiger partial charge in [0.1, 0.15) is 0 Å². The molecule has 0 aliphatic carbocycles. The zero-order valence-corrected chi connectivity index (χ0v) is 13.4. The molecule has 0 aliphatic rings. The van der Waals surface area contributed by atoms with Crippen LogP contribution in [0.2, 0.25) is 0 Å². The zero-order chi connectivity index (χ0) is 16.2. The van der Waals surface area contributed by atoms with E-state index in [9.17, 15) is 8.42 Å². The molecule has 0 radical (unpaired) electrons. The molecular formula is C17H18N2O2S. The molecule has 5 heteroatoms. The van der Waals surface area contributed by atoms with Gasteiger partial charge in [0, 0.05) is 0 Å². The Balaban J connectivity index is 2.35. The minimum atomic E-state index is -3.66. The van der Waals surface area contributed by atoms with Gasteiger partial charge >= 0.3 is 0 Å². The predicted molar refractivity (Wildman–Crippen MR) is 87.1 cm³/mol. The van der Waals surface area contributed by atoms with Crippen molar-refractivity contribution in [2.75, 3.05) is 4.72 Å². The SMILES string of the molecule is CC[C@H](C)c1ccccc1NS(=O)(=O)c1ccc(C#N)cc1. The van der Waals surface area contributed by atoms with Crippen LogP contribution >= 0.6 is 0 Å². The van der Waals surface area contributed by atoms with Crippen LogP contribution in [0.3, 0.4) is 0 Å². The molecule has 2 aromatic rings. The highest BCUT2D eigenvalue weighted by atomic mass is 32.2. The molecule has 1 N–H and O–H groups in total. The second-order valence-corrected chi connectivity index (χ2v) is 6.82. The number of anilines is 1. The minimum absolute atomic E-state index is 0.144. The average Bonchev–Trinajstić information content (AvgIpc) is 2.54. The molecule has 114 valence electrons. The molecule has 0 bridgehead atoms. The van der Waals surface area contributed by atoms with Crippen molar-refractivity contribution >= 4 is 15.7 Å². The number of para-hydroxylation sites is 1. The molecule has 0 aromatic heterocycles. The van der Waals surface area contributed by atoms with Crippen LogP contribution in [0.1, 0.15) is 37.3 Å². The molecule has 0 fully saturated rings. The van der Waals surface area contributed by atoms with Gasteiger partial charge < -0.3 is 0 Å². The molecule has 0 heterocycles. The normalized spacial score (nSPS) is 12.4. The number of hydrogen-bond acceptors (Lipinski definition) is 3. The Kier molecular flexibility index (Phi) is 4.84. The van der Waals surface area contributed by atoms with Crippen molar-refractivity contribution in [2.45, 2.75) is 31.1 Å². The first-order valence-electron chi connectivity index (χ1n) is 7.10. The van der Waals surface area contributed by atoms with Crippen LogP contribution in [0.4, 0.5) is 5.69 Å². The number of nitrogens with one attached hydrogen (secondary N) is 1. The van der Waals surface area contributed by atoms with Gasteiger partial charge in [-0.05, 0) is 48.2 Å². The lowest BCUT2D eigenvalue weighted by molar-refractivity contribution is 0.601. The fraction of sp³-hybridized carbons (Fsp3) is 0.235. The van der Waals surface area contributed by atoms with Crippen molar-refractivity contribution in [1.29, 1.82) is 5.26 Å². The Hall–Kier alpha value is -2.32. The minimum Gasteiger partial charge on any atom is -0.279 e. The van der Waals surface area contributed by atoms with Crippen LogP contribution in [0, 0.1) is 11.3 Å². The third-order valence-electron chi connectivity index (χ3n) is 3.64. The first kappa shape index (κ1) is 16.1. The van der Waals surface area contributed by atoms with Gasteiger partial charge in [0.2, 0.25) is 0 Å². The van der Waals surface area contributed by atoms with Crippen molar-refractivity contribution < 1.29 is 8.42 Å². The van der Waals surface area contributed by atoms with E-state index in [4.69, 9.17) is 5.26 Å². The molecule has 0 saturated carbocycles. The first-order valence-corrected chi connectivity index (χ1v) is 8.58. The molecule has 0 aliphatic heterocycles. The maximum Gasteiger partial charge on any atom is 0.261 e. The van der Waals surface area contributed by atoms with Crippen molar-refractivity contribution in [1.82, 2.24) is 0 Å². The number of nitriles is 1. The molecule has 1 atom stereocenters. The molecule has 4 nitrogen and oxygen atoms in total. The summed E-state index contributed by atoms with van der Waals surface area (Å²) in [7, 11) is -3.66. The molecule has 22 heavy (non-hydrogen) atoms. The highest BCUT2D eigenvalue weighted by Crippen LogP contribution is 2.28. The quantitative estimate of drug-likeness (QED) is 0.910. The summed E-state index contributed by atoms with van der Waals surface area (Å²) in [6.45, 7) is 4.13. The van der Waals surface area contributed by atoms with Crippen molar-refractivity contribution in [3.05, 3.63) is 59.7 Å². The van der Waals surface area contributed by atoms with Crippen LogP contribution in [0.5, 0.6) is 0 Å². The van der Waals surface area contributed by atoms with Crippen molar-refractivity contribution in [2.24, 2.45) is 0 Å². The van der Waals surface area contributed by atoms with E-state index in [1.165, 1.54) is 24.3 Å². The van der Waals surface area contributed by atoms with Crippen LogP contribution in [0.15, 0.2) is 53.4 Å². The molecular weight excluding hydrogens is 296 g/mol. The fourth-order valence-electron chi connectivity index (χ4n) is 2.15. The monoisotopic (exact) mass is 314 g/mol.